The Hall–Kier alpha value is -2.87. The molecule has 0 saturated carbocycles. The van der Waals surface area contributed by atoms with E-state index in [1.54, 1.807) is 16.5 Å². The van der Waals surface area contributed by atoms with Gasteiger partial charge >= 0.3 is 11.9 Å². The second-order valence-electron chi connectivity index (χ2n) is 7.88. The monoisotopic (exact) mass is 542 g/mol. The fourth-order valence-electron chi connectivity index (χ4n) is 4.24. The Morgan fingerprint density at radius 1 is 1.40 bits per heavy atom. The summed E-state index contributed by atoms with van der Waals surface area (Å²) in [5.74, 6) is -2.24. The molecule has 4 rings (SSSR count). The first kappa shape index (κ1) is 25.2. The fourth-order valence-corrected chi connectivity index (χ4v) is 6.18. The van der Waals surface area contributed by atoms with Crippen LogP contribution in [-0.4, -0.2) is 78.0 Å². The van der Waals surface area contributed by atoms with Crippen LogP contribution in [0.25, 0.3) is 0 Å². The molecule has 14 heteroatoms. The highest BCUT2D eigenvalue weighted by molar-refractivity contribution is 7.88. The average Bonchev–Trinajstić information content (AvgIpc) is 3.45. The zero-order valence-electron chi connectivity index (χ0n) is 18.5. The third kappa shape index (κ3) is 4.94. The van der Waals surface area contributed by atoms with Crippen molar-refractivity contribution >= 4 is 50.7 Å². The summed E-state index contributed by atoms with van der Waals surface area (Å²) < 4.78 is 44.6. The smallest absolute Gasteiger partial charge is 0.338 e. The number of sulfonamides is 1. The normalized spacial score (nSPS) is 20.1. The highest BCUT2D eigenvalue weighted by Crippen LogP contribution is 2.43. The number of benzene rings is 1. The number of carboxylic acids is 1. The van der Waals surface area contributed by atoms with Gasteiger partial charge < -0.3 is 14.7 Å². The van der Waals surface area contributed by atoms with Crippen molar-refractivity contribution in [3.8, 4) is 0 Å². The van der Waals surface area contributed by atoms with Crippen LogP contribution < -0.4 is 0 Å². The van der Waals surface area contributed by atoms with Gasteiger partial charge in [-0.2, -0.15) is 4.31 Å². The standard InChI is InChI=1S/C21H20ClFN4O6S2/c1-33-21(30)17-15-8-12(27(10-16(28)29)35(2,31)32)9-26(15)19(20-24-5-6-34-20)25-18(17)13-4-3-11(23)7-14(13)22/h3-7,12,18H,8-10H2,1-2H3,(H,28,29)/t12-,18-/m0/s1. The first-order valence-corrected chi connectivity index (χ1v) is 13.3. The number of carbonyl (C=O) groups excluding carboxylic acids is 1. The van der Waals surface area contributed by atoms with Crippen molar-refractivity contribution in [2.24, 2.45) is 4.99 Å². The van der Waals surface area contributed by atoms with Gasteiger partial charge in [-0.25, -0.2) is 22.6 Å². The van der Waals surface area contributed by atoms with E-state index in [1.807, 2.05) is 0 Å². The van der Waals surface area contributed by atoms with Crippen LogP contribution in [0.4, 0.5) is 4.39 Å². The molecular weight excluding hydrogens is 523 g/mol. The molecule has 35 heavy (non-hydrogen) atoms. The third-order valence-corrected chi connectivity index (χ3v) is 8.03. The molecule has 1 saturated heterocycles. The number of aromatic nitrogens is 1. The molecule has 0 radical (unpaired) electrons. The number of rotatable bonds is 7. The average molecular weight is 543 g/mol. The van der Waals surface area contributed by atoms with Gasteiger partial charge in [0.15, 0.2) is 10.8 Å². The minimum atomic E-state index is -3.91. The molecule has 2 aliphatic rings. The second-order valence-corrected chi connectivity index (χ2v) is 11.1. The third-order valence-electron chi connectivity index (χ3n) is 5.65. The molecule has 1 N–H and O–H groups in total. The van der Waals surface area contributed by atoms with Gasteiger partial charge in [-0.05, 0) is 12.1 Å². The number of aliphatic carboxylic acids is 1. The number of esters is 1. The van der Waals surface area contributed by atoms with Gasteiger partial charge in [-0.1, -0.05) is 17.7 Å². The number of nitrogens with zero attached hydrogens (tertiary/aromatic N) is 4. The number of fused-ring (bicyclic) bond motifs is 1. The van der Waals surface area contributed by atoms with E-state index in [4.69, 9.17) is 21.3 Å². The highest BCUT2D eigenvalue weighted by atomic mass is 35.5. The number of methoxy groups -OCH3 is 1. The van der Waals surface area contributed by atoms with Crippen LogP contribution in [0.3, 0.4) is 0 Å². The van der Waals surface area contributed by atoms with Crippen LogP contribution >= 0.6 is 22.9 Å². The zero-order valence-corrected chi connectivity index (χ0v) is 20.9. The summed E-state index contributed by atoms with van der Waals surface area (Å²) in [6.45, 7) is -0.701. The predicted molar refractivity (Wildman–Crippen MR) is 126 cm³/mol. The Morgan fingerprint density at radius 3 is 2.71 bits per heavy atom. The highest BCUT2D eigenvalue weighted by Gasteiger charge is 2.45. The van der Waals surface area contributed by atoms with Crippen molar-refractivity contribution < 1.29 is 32.2 Å². The van der Waals surface area contributed by atoms with Crippen LogP contribution in [0.2, 0.25) is 5.02 Å². The molecule has 2 aliphatic heterocycles. The van der Waals surface area contributed by atoms with Crippen molar-refractivity contribution in [2.45, 2.75) is 18.5 Å². The Morgan fingerprint density at radius 2 is 2.14 bits per heavy atom. The summed E-state index contributed by atoms with van der Waals surface area (Å²) in [4.78, 5) is 35.1. The quantitative estimate of drug-likeness (QED) is 0.527. The van der Waals surface area contributed by atoms with Gasteiger partial charge in [0.2, 0.25) is 10.0 Å². The lowest BCUT2D eigenvalue weighted by molar-refractivity contribution is -0.138. The molecule has 0 unspecified atom stereocenters. The Balaban J connectivity index is 1.91. The molecule has 0 bridgehead atoms. The summed E-state index contributed by atoms with van der Waals surface area (Å²) in [5, 5.41) is 11.6. The maximum atomic E-state index is 13.8. The lowest BCUT2D eigenvalue weighted by Gasteiger charge is -2.31. The van der Waals surface area contributed by atoms with E-state index in [1.165, 1.54) is 30.6 Å². The molecule has 186 valence electrons. The molecule has 10 nitrogen and oxygen atoms in total. The summed E-state index contributed by atoms with van der Waals surface area (Å²) >= 11 is 7.61. The molecular formula is C21H20ClFN4O6S2. The van der Waals surface area contributed by atoms with Gasteiger partial charge in [-0.3, -0.25) is 9.79 Å². The van der Waals surface area contributed by atoms with E-state index in [0.29, 0.717) is 22.1 Å². The van der Waals surface area contributed by atoms with Crippen molar-refractivity contribution in [3.05, 3.63) is 62.5 Å². The molecule has 3 heterocycles. The van der Waals surface area contributed by atoms with E-state index < -0.39 is 46.4 Å². The largest absolute Gasteiger partial charge is 0.480 e. The number of carboxylic acid groups (broad SMARTS) is 1. The Labute approximate surface area is 209 Å². The number of aliphatic imine (C=N–C) groups is 1. The maximum Gasteiger partial charge on any atom is 0.338 e. The molecule has 0 spiro atoms. The summed E-state index contributed by atoms with van der Waals surface area (Å²) in [7, 11) is -2.71. The second kappa shape index (κ2) is 9.64. The number of amidine groups is 1. The van der Waals surface area contributed by atoms with Crippen LogP contribution in [0.1, 0.15) is 23.0 Å². The van der Waals surface area contributed by atoms with Crippen LogP contribution in [0, 0.1) is 5.82 Å². The van der Waals surface area contributed by atoms with Gasteiger partial charge in [0.25, 0.3) is 0 Å². The molecule has 1 aromatic carbocycles. The van der Waals surface area contributed by atoms with E-state index in [2.05, 4.69) is 4.98 Å². The molecule has 0 amide bonds. The SMILES string of the molecule is COC(=O)C1=C2C[C@H](N(CC(=O)O)S(C)(=O)=O)CN2C(c2nccs2)=N[C@H]1c1ccc(F)cc1Cl. The van der Waals surface area contributed by atoms with Gasteiger partial charge in [0.05, 0.1) is 18.9 Å². The van der Waals surface area contributed by atoms with E-state index in [0.717, 1.165) is 16.6 Å². The first-order chi connectivity index (χ1) is 16.5. The van der Waals surface area contributed by atoms with Gasteiger partial charge in [-0.15, -0.1) is 11.3 Å². The zero-order chi connectivity index (χ0) is 25.5. The molecule has 2 atom stereocenters. The van der Waals surface area contributed by atoms with Gasteiger partial charge in [0.1, 0.15) is 18.4 Å². The minimum Gasteiger partial charge on any atom is -0.480 e. The summed E-state index contributed by atoms with van der Waals surface area (Å²) in [5.41, 5.74) is 0.864. The lowest BCUT2D eigenvalue weighted by atomic mass is 9.94. The molecule has 2 aromatic rings. The Kier molecular flexibility index (Phi) is 6.95. The van der Waals surface area contributed by atoms with Crippen LogP contribution in [0.5, 0.6) is 0 Å². The first-order valence-electron chi connectivity index (χ1n) is 10.2. The van der Waals surface area contributed by atoms with Crippen LogP contribution in [0.15, 0.2) is 46.0 Å². The van der Waals surface area contributed by atoms with E-state index in [9.17, 15) is 27.5 Å². The van der Waals surface area contributed by atoms with E-state index in [-0.39, 0.29) is 23.6 Å². The maximum absolute atomic E-state index is 13.8. The van der Waals surface area contributed by atoms with Gasteiger partial charge in [0, 0.05) is 46.9 Å². The molecule has 1 aromatic heterocycles. The fraction of sp³-hybridized carbons (Fsp3) is 0.333. The summed E-state index contributed by atoms with van der Waals surface area (Å²) in [6, 6.07) is 1.94. The minimum absolute atomic E-state index is 0.0183. The van der Waals surface area contributed by atoms with Crippen molar-refractivity contribution in [1.82, 2.24) is 14.2 Å². The number of hydrogen-bond donors (Lipinski definition) is 1. The number of carbonyl (C=O) groups is 2. The number of hydrogen-bond acceptors (Lipinski definition) is 9. The van der Waals surface area contributed by atoms with Crippen LogP contribution in [-0.2, 0) is 24.3 Å². The molecule has 0 aliphatic carbocycles. The lowest BCUT2D eigenvalue weighted by Crippen LogP contribution is -2.45. The number of halogens is 2. The number of thiazole rings is 1. The molecule has 1 fully saturated rings. The van der Waals surface area contributed by atoms with Crippen molar-refractivity contribution in [1.29, 1.82) is 0 Å². The topological polar surface area (TPSA) is 129 Å². The van der Waals surface area contributed by atoms with E-state index >= 15 is 0 Å². The summed E-state index contributed by atoms with van der Waals surface area (Å²) in [6.07, 6.45) is 2.52. The number of ether oxygens (including phenoxy) is 1. The predicted octanol–water partition coefficient (Wildman–Crippen LogP) is 2.28. The van der Waals surface area contributed by atoms with Crippen molar-refractivity contribution in [3.63, 3.8) is 0 Å². The Bertz CT molecular complexity index is 1350. The van der Waals surface area contributed by atoms with Crippen molar-refractivity contribution in [2.75, 3.05) is 26.5 Å².